The zero-order chi connectivity index (χ0) is 28.9. The minimum Gasteiger partial charge on any atom is -0.497 e. The number of benzene rings is 2. The first-order chi connectivity index (χ1) is 19.7. The molecule has 4 saturated carbocycles. The Morgan fingerprint density at radius 3 is 2.46 bits per heavy atom. The molecule has 0 heterocycles. The molecule has 0 saturated heterocycles. The van der Waals surface area contributed by atoms with Gasteiger partial charge in [0.25, 0.3) is 0 Å². The number of ketones is 1. The average molecular weight is 559 g/mol. The first-order valence-corrected chi connectivity index (χ1v) is 16.4. The Balaban J connectivity index is 1.13. The van der Waals surface area contributed by atoms with Crippen LogP contribution >= 0.6 is 0 Å². The van der Waals surface area contributed by atoms with Crippen molar-refractivity contribution in [1.82, 2.24) is 0 Å². The Kier molecular flexibility index (Phi) is 7.74. The fraction of sp³-hybridized carbons (Fsp3) is 0.676. The fourth-order valence-corrected chi connectivity index (χ4v) is 10.9. The molecule has 4 aliphatic carbocycles. The average Bonchev–Trinajstić information content (AvgIpc) is 3.35. The number of Topliss-reactive ketones (excluding diaryl/α,β-unsaturated/α-hetero) is 1. The summed E-state index contributed by atoms with van der Waals surface area (Å²) in [4.78, 5) is 25.9. The molecule has 0 aliphatic heterocycles. The molecule has 4 nitrogen and oxygen atoms in total. The SMILES string of the molecule is COC(=O)[C@@H]1CC[C@@]2(C)[C@H](CC[C@@H]3[C@@H]2CC[C@]2(C)[C@@H]([C@H](C)CCC(=O)c4cc(OC)cc5ccccc45)CC[C@@H]32)C1. The van der Waals surface area contributed by atoms with Crippen molar-refractivity contribution in [3.05, 3.63) is 42.0 Å². The molecule has 2 aromatic rings. The predicted molar refractivity (Wildman–Crippen MR) is 164 cm³/mol. The third kappa shape index (κ3) is 4.82. The monoisotopic (exact) mass is 558 g/mol. The van der Waals surface area contributed by atoms with Crippen molar-refractivity contribution in [3.63, 3.8) is 0 Å². The van der Waals surface area contributed by atoms with Crippen LogP contribution in [-0.4, -0.2) is 26.0 Å². The van der Waals surface area contributed by atoms with Gasteiger partial charge < -0.3 is 9.47 Å². The standard InChI is InChI=1S/C37H50O4/c1-23(10-15-34(38)30-22-27(40-4)21-24-8-6-7-9-28(24)30)31-13-14-32-29-12-11-26-20-25(35(39)41-5)16-18-36(26,2)33(29)17-19-37(31,32)3/h6-9,21-23,25-26,29,31-33H,10-20H2,1-5H3/t23-,25-,26-,29+,31-,32+,33+,36+,37-/m1/s1. The summed E-state index contributed by atoms with van der Waals surface area (Å²) < 4.78 is 10.7. The summed E-state index contributed by atoms with van der Waals surface area (Å²) in [7, 11) is 3.22. The van der Waals surface area contributed by atoms with Crippen molar-refractivity contribution in [2.75, 3.05) is 14.2 Å². The lowest BCUT2D eigenvalue weighted by atomic mass is 9.44. The number of hydrogen-bond donors (Lipinski definition) is 0. The molecule has 2 aromatic carbocycles. The van der Waals surface area contributed by atoms with Crippen LogP contribution in [0, 0.1) is 52.3 Å². The lowest BCUT2D eigenvalue weighted by molar-refractivity contribution is -0.155. The summed E-state index contributed by atoms with van der Waals surface area (Å²) in [6, 6.07) is 12.1. The van der Waals surface area contributed by atoms with Gasteiger partial charge in [-0.3, -0.25) is 9.59 Å². The van der Waals surface area contributed by atoms with E-state index in [1.54, 1.807) is 14.2 Å². The van der Waals surface area contributed by atoms with E-state index in [4.69, 9.17) is 9.47 Å². The van der Waals surface area contributed by atoms with Crippen LogP contribution < -0.4 is 4.74 Å². The van der Waals surface area contributed by atoms with E-state index in [1.807, 2.05) is 24.3 Å². The lowest BCUT2D eigenvalue weighted by Crippen LogP contribution is -2.54. The number of esters is 1. The van der Waals surface area contributed by atoms with Gasteiger partial charge in [-0.15, -0.1) is 0 Å². The molecule has 0 spiro atoms. The van der Waals surface area contributed by atoms with Gasteiger partial charge >= 0.3 is 5.97 Å². The molecule has 4 fully saturated rings. The largest absolute Gasteiger partial charge is 0.497 e. The second-order valence-corrected chi connectivity index (χ2v) is 14.7. The highest BCUT2D eigenvalue weighted by atomic mass is 16.5. The smallest absolute Gasteiger partial charge is 0.308 e. The van der Waals surface area contributed by atoms with E-state index in [9.17, 15) is 9.59 Å². The van der Waals surface area contributed by atoms with E-state index in [-0.39, 0.29) is 17.7 Å². The zero-order valence-corrected chi connectivity index (χ0v) is 25.9. The molecule has 4 aliphatic rings. The van der Waals surface area contributed by atoms with Gasteiger partial charge in [-0.05, 0) is 133 Å². The van der Waals surface area contributed by atoms with E-state index >= 15 is 0 Å². The number of hydrogen-bond acceptors (Lipinski definition) is 4. The molecule has 0 amide bonds. The van der Waals surface area contributed by atoms with Gasteiger partial charge in [0.1, 0.15) is 5.75 Å². The highest BCUT2D eigenvalue weighted by molar-refractivity contribution is 6.08. The third-order valence-corrected chi connectivity index (χ3v) is 13.2. The van der Waals surface area contributed by atoms with Crippen LogP contribution in [0.1, 0.15) is 102 Å². The molecule has 0 unspecified atom stereocenters. The summed E-state index contributed by atoms with van der Waals surface area (Å²) in [5, 5.41) is 2.09. The molecule has 9 atom stereocenters. The Bertz CT molecular complexity index is 1300. The molecular formula is C37H50O4. The van der Waals surface area contributed by atoms with E-state index in [0.29, 0.717) is 35.0 Å². The number of methoxy groups -OCH3 is 2. The first kappa shape index (κ1) is 28.7. The Morgan fingerprint density at radius 2 is 1.68 bits per heavy atom. The Hall–Kier alpha value is -2.36. The molecule has 222 valence electrons. The van der Waals surface area contributed by atoms with Crippen molar-refractivity contribution in [2.45, 2.75) is 91.4 Å². The Labute approximate surface area is 246 Å². The van der Waals surface area contributed by atoms with E-state index in [1.165, 1.54) is 44.9 Å². The second-order valence-electron chi connectivity index (χ2n) is 14.7. The van der Waals surface area contributed by atoms with E-state index in [2.05, 4.69) is 32.9 Å². The topological polar surface area (TPSA) is 52.6 Å². The third-order valence-electron chi connectivity index (χ3n) is 13.2. The van der Waals surface area contributed by atoms with Crippen molar-refractivity contribution in [2.24, 2.45) is 52.3 Å². The number of carbonyl (C=O) groups is 2. The highest BCUT2D eigenvalue weighted by Gasteiger charge is 2.60. The van der Waals surface area contributed by atoms with Crippen LogP contribution in [0.5, 0.6) is 5.75 Å². The Morgan fingerprint density at radius 1 is 0.927 bits per heavy atom. The van der Waals surface area contributed by atoms with Crippen molar-refractivity contribution < 1.29 is 19.1 Å². The van der Waals surface area contributed by atoms with Gasteiger partial charge in [0.15, 0.2) is 5.78 Å². The molecule has 4 heteroatoms. The molecule has 0 radical (unpaired) electrons. The number of rotatable bonds is 7. The summed E-state index contributed by atoms with van der Waals surface area (Å²) in [6.07, 6.45) is 12.7. The molecule has 41 heavy (non-hydrogen) atoms. The quantitative estimate of drug-likeness (QED) is 0.251. The first-order valence-electron chi connectivity index (χ1n) is 16.4. The van der Waals surface area contributed by atoms with Crippen LogP contribution in [0.3, 0.4) is 0 Å². The predicted octanol–water partition coefficient (Wildman–Crippen LogP) is 8.90. The minimum absolute atomic E-state index is 0.0103. The molecule has 0 aromatic heterocycles. The number of fused-ring (bicyclic) bond motifs is 6. The maximum atomic E-state index is 13.6. The second kappa shape index (κ2) is 11.0. The maximum Gasteiger partial charge on any atom is 0.308 e. The van der Waals surface area contributed by atoms with Crippen molar-refractivity contribution in [1.29, 1.82) is 0 Å². The maximum absolute atomic E-state index is 13.6. The summed E-state index contributed by atoms with van der Waals surface area (Å²) in [5.74, 6) is 5.46. The van der Waals surface area contributed by atoms with Crippen LogP contribution in [-0.2, 0) is 9.53 Å². The summed E-state index contributed by atoms with van der Waals surface area (Å²) in [5.41, 5.74) is 1.57. The molecule has 0 bridgehead atoms. The van der Waals surface area contributed by atoms with Gasteiger partial charge in [0, 0.05) is 12.0 Å². The fourth-order valence-electron chi connectivity index (χ4n) is 10.9. The van der Waals surface area contributed by atoms with Crippen molar-refractivity contribution in [3.8, 4) is 5.75 Å². The van der Waals surface area contributed by atoms with E-state index in [0.717, 1.165) is 59.1 Å². The van der Waals surface area contributed by atoms with Crippen LogP contribution in [0.25, 0.3) is 10.8 Å². The van der Waals surface area contributed by atoms with Crippen LogP contribution in [0.2, 0.25) is 0 Å². The number of ether oxygens (including phenoxy) is 2. The van der Waals surface area contributed by atoms with Crippen LogP contribution in [0.15, 0.2) is 36.4 Å². The van der Waals surface area contributed by atoms with Crippen LogP contribution in [0.4, 0.5) is 0 Å². The molecule has 6 rings (SSSR count). The van der Waals surface area contributed by atoms with Gasteiger partial charge in [-0.2, -0.15) is 0 Å². The van der Waals surface area contributed by atoms with Crippen molar-refractivity contribution >= 4 is 22.5 Å². The zero-order valence-electron chi connectivity index (χ0n) is 25.9. The highest BCUT2D eigenvalue weighted by Crippen LogP contribution is 2.68. The van der Waals surface area contributed by atoms with Gasteiger partial charge in [-0.1, -0.05) is 45.0 Å². The molecular weight excluding hydrogens is 508 g/mol. The normalized spacial score (nSPS) is 37.0. The van der Waals surface area contributed by atoms with E-state index < -0.39 is 0 Å². The summed E-state index contributed by atoms with van der Waals surface area (Å²) >= 11 is 0. The number of carbonyl (C=O) groups excluding carboxylic acids is 2. The minimum atomic E-state index is 0.0103. The lowest BCUT2D eigenvalue weighted by Gasteiger charge is -2.61. The summed E-state index contributed by atoms with van der Waals surface area (Å²) in [6.45, 7) is 7.61. The van der Waals surface area contributed by atoms with Gasteiger partial charge in [0.05, 0.1) is 20.1 Å². The van der Waals surface area contributed by atoms with Gasteiger partial charge in [-0.25, -0.2) is 0 Å². The van der Waals surface area contributed by atoms with Gasteiger partial charge in [0.2, 0.25) is 0 Å². The molecule has 0 N–H and O–H groups in total.